The first-order chi connectivity index (χ1) is 13.3. The normalized spacial score (nSPS) is 27.0. The highest BCUT2D eigenvalue weighted by Gasteiger charge is 2.55. The van der Waals surface area contributed by atoms with E-state index in [1.165, 1.54) is 0 Å². The fraction of sp³-hybridized carbons (Fsp3) is 0.409. The molecule has 2 aliphatic heterocycles. The number of hydrogen-bond donors (Lipinski definition) is 3. The molecule has 5 nitrogen and oxygen atoms in total. The maximum Gasteiger partial charge on any atom is 0.420 e. The van der Waals surface area contributed by atoms with Crippen molar-refractivity contribution in [3.8, 4) is 5.75 Å². The van der Waals surface area contributed by atoms with Crippen molar-refractivity contribution in [2.45, 2.75) is 43.9 Å². The molecular formula is C22H28N2O3S. The number of amides is 1. The average molecular weight is 401 g/mol. The Bertz CT molecular complexity index is 932. The molecule has 6 heteroatoms. The molecule has 1 amide bonds. The summed E-state index contributed by atoms with van der Waals surface area (Å²) in [5.41, 5.74) is 3.95. The summed E-state index contributed by atoms with van der Waals surface area (Å²) < 4.78 is 1.66. The van der Waals surface area contributed by atoms with Crippen molar-refractivity contribution >= 4 is 28.5 Å². The number of hydrogen-bond acceptors (Lipinski definition) is 3. The molecule has 1 fully saturated rings. The van der Waals surface area contributed by atoms with Crippen LogP contribution in [0, 0.1) is 0 Å². The quantitative estimate of drug-likeness (QED) is 0.631. The summed E-state index contributed by atoms with van der Waals surface area (Å²) in [6.07, 6.45) is 0.0355. The van der Waals surface area contributed by atoms with Crippen molar-refractivity contribution in [1.29, 1.82) is 0 Å². The number of nitrogens with zero attached hydrogens (tertiary/aromatic N) is 2. The van der Waals surface area contributed by atoms with E-state index in [0.29, 0.717) is 0 Å². The molecule has 2 aromatic rings. The van der Waals surface area contributed by atoms with E-state index in [2.05, 4.69) is 32.7 Å². The lowest BCUT2D eigenvalue weighted by molar-refractivity contribution is 0.206. The number of benzene rings is 2. The zero-order valence-corrected chi connectivity index (χ0v) is 17.6. The van der Waals surface area contributed by atoms with Crippen LogP contribution < -0.4 is 9.21 Å². The Labute approximate surface area is 169 Å². The second-order valence-corrected chi connectivity index (χ2v) is 10.5. The summed E-state index contributed by atoms with van der Waals surface area (Å²) in [4.78, 5) is 14.7. The smallest absolute Gasteiger partial charge is 0.420 e. The highest BCUT2D eigenvalue weighted by molar-refractivity contribution is 8.19. The number of carbonyl (C=O) groups is 1. The van der Waals surface area contributed by atoms with Gasteiger partial charge in [0.2, 0.25) is 0 Å². The minimum absolute atomic E-state index is 0.0932. The minimum Gasteiger partial charge on any atom is -0.508 e. The Hall–Kier alpha value is -2.34. The molecule has 1 saturated heterocycles. The van der Waals surface area contributed by atoms with E-state index in [0.717, 1.165) is 34.7 Å². The predicted octanol–water partition coefficient (Wildman–Crippen LogP) is 5.05. The average Bonchev–Trinajstić information content (AvgIpc) is 3.09. The summed E-state index contributed by atoms with van der Waals surface area (Å²) in [5.74, 6) is 1.37. The molecule has 0 aromatic heterocycles. The van der Waals surface area contributed by atoms with Crippen LogP contribution in [0.2, 0.25) is 0 Å². The fourth-order valence-corrected chi connectivity index (χ4v) is 8.46. The van der Waals surface area contributed by atoms with Crippen molar-refractivity contribution in [2.75, 3.05) is 22.0 Å². The van der Waals surface area contributed by atoms with Crippen LogP contribution in [0.15, 0.2) is 42.5 Å². The third kappa shape index (κ3) is 2.65. The Kier molecular flexibility index (Phi) is 4.49. The van der Waals surface area contributed by atoms with E-state index in [4.69, 9.17) is 0 Å². The molecule has 4 rings (SSSR count). The largest absolute Gasteiger partial charge is 0.508 e. The summed E-state index contributed by atoms with van der Waals surface area (Å²) in [7, 11) is 2.06. The van der Waals surface area contributed by atoms with Crippen molar-refractivity contribution in [1.82, 2.24) is 0 Å². The number of carboxylic acid groups (broad SMARTS) is 1. The van der Waals surface area contributed by atoms with Crippen LogP contribution in [-0.2, 0) is 5.41 Å². The molecule has 2 heterocycles. The van der Waals surface area contributed by atoms with Gasteiger partial charge in [0.15, 0.2) is 0 Å². The molecule has 28 heavy (non-hydrogen) atoms. The number of aromatic hydroxyl groups is 1. The number of para-hydroxylation sites is 1. The molecular weight excluding hydrogens is 372 g/mol. The van der Waals surface area contributed by atoms with Crippen LogP contribution in [0.5, 0.6) is 5.75 Å². The van der Waals surface area contributed by atoms with Gasteiger partial charge < -0.3 is 15.1 Å². The first kappa shape index (κ1) is 19.0. The molecule has 2 N–H and O–H groups in total. The van der Waals surface area contributed by atoms with Gasteiger partial charge >= 0.3 is 6.09 Å². The number of phenolic OH excluding ortho intramolecular Hbond substituents is 1. The van der Waals surface area contributed by atoms with Crippen LogP contribution in [0.3, 0.4) is 0 Å². The molecule has 3 unspecified atom stereocenters. The third-order valence-corrected chi connectivity index (χ3v) is 9.34. The van der Waals surface area contributed by atoms with Gasteiger partial charge in [-0.2, -0.15) is 0 Å². The van der Waals surface area contributed by atoms with Gasteiger partial charge in [-0.25, -0.2) is 9.10 Å². The first-order valence-electron chi connectivity index (χ1n) is 9.70. The lowest BCUT2D eigenvalue weighted by atomic mass is 9.82. The zero-order valence-electron chi connectivity index (χ0n) is 16.8. The van der Waals surface area contributed by atoms with Gasteiger partial charge in [0, 0.05) is 18.2 Å². The number of fused-ring (bicyclic) bond motifs is 3. The third-order valence-electron chi connectivity index (χ3n) is 6.28. The summed E-state index contributed by atoms with van der Waals surface area (Å²) >= 11 is -0.971. The molecule has 0 radical (unpaired) electrons. The number of likely N-dealkylation sites (N-methyl/N-ethyl adjacent to an activating group) is 1. The number of anilines is 2. The van der Waals surface area contributed by atoms with Crippen molar-refractivity contribution in [2.24, 2.45) is 0 Å². The van der Waals surface area contributed by atoms with Gasteiger partial charge in [-0.3, -0.25) is 0 Å². The van der Waals surface area contributed by atoms with Gasteiger partial charge in [0.05, 0.1) is 11.1 Å². The maximum absolute atomic E-state index is 12.5. The van der Waals surface area contributed by atoms with Crippen molar-refractivity contribution < 1.29 is 15.0 Å². The van der Waals surface area contributed by atoms with Crippen LogP contribution in [-0.4, -0.2) is 34.5 Å². The van der Waals surface area contributed by atoms with Crippen LogP contribution in [0.25, 0.3) is 0 Å². The topological polar surface area (TPSA) is 64.0 Å². The van der Waals surface area contributed by atoms with Gasteiger partial charge in [0.1, 0.15) is 5.75 Å². The van der Waals surface area contributed by atoms with Gasteiger partial charge in [-0.05, 0) is 53.5 Å². The fourth-order valence-electron chi connectivity index (χ4n) is 4.98. The van der Waals surface area contributed by atoms with Crippen LogP contribution >= 0.6 is 11.1 Å². The molecule has 0 saturated carbocycles. The monoisotopic (exact) mass is 400 g/mol. The number of phenols is 1. The van der Waals surface area contributed by atoms with E-state index < -0.39 is 17.2 Å². The van der Waals surface area contributed by atoms with E-state index in [-0.39, 0.29) is 22.5 Å². The summed E-state index contributed by atoms with van der Waals surface area (Å²) in [6.45, 7) is 6.42. The van der Waals surface area contributed by atoms with E-state index in [1.54, 1.807) is 10.4 Å². The lowest BCUT2D eigenvalue weighted by Crippen LogP contribution is -2.41. The van der Waals surface area contributed by atoms with Crippen LogP contribution in [0.4, 0.5) is 16.2 Å². The Morgan fingerprint density at radius 2 is 2.00 bits per heavy atom. The Morgan fingerprint density at radius 3 is 2.68 bits per heavy atom. The Morgan fingerprint density at radius 1 is 1.29 bits per heavy atom. The van der Waals surface area contributed by atoms with E-state index in [1.807, 2.05) is 36.4 Å². The van der Waals surface area contributed by atoms with E-state index in [9.17, 15) is 15.0 Å². The number of thiol groups is 1. The van der Waals surface area contributed by atoms with Gasteiger partial charge in [0.25, 0.3) is 0 Å². The Balaban J connectivity index is 1.81. The van der Waals surface area contributed by atoms with Gasteiger partial charge in [-0.1, -0.05) is 39.0 Å². The summed E-state index contributed by atoms with van der Waals surface area (Å²) in [5, 5.41) is 20.4. The highest BCUT2D eigenvalue weighted by atomic mass is 32.2. The molecule has 0 bridgehead atoms. The van der Waals surface area contributed by atoms with E-state index >= 15 is 0 Å². The standard InChI is InChI=1S/C22H28N2O3S/c1-14(2)16-7-5-6-8-18(16)24(21(26)27)28-12-11-22(3)17-13-15(25)9-10-19(17)23(4)20(22)28/h5-10,13-14,20,25,28H,11-12H2,1-4H3,(H,26,27). The molecule has 0 spiro atoms. The van der Waals surface area contributed by atoms with Crippen molar-refractivity contribution in [3.63, 3.8) is 0 Å². The zero-order chi connectivity index (χ0) is 20.2. The molecule has 3 atom stereocenters. The predicted molar refractivity (Wildman–Crippen MR) is 117 cm³/mol. The summed E-state index contributed by atoms with van der Waals surface area (Å²) in [6, 6.07) is 13.4. The molecule has 2 aliphatic rings. The maximum atomic E-state index is 12.5. The minimum atomic E-state index is -0.971. The SMILES string of the molecule is CC(C)c1ccccc1N(C(=O)O)[SH]1CCC2(C)c3cc(O)ccc3N(C)C12. The number of rotatable bonds is 3. The van der Waals surface area contributed by atoms with Gasteiger partial charge in [-0.15, -0.1) is 11.1 Å². The molecule has 0 aliphatic carbocycles. The molecule has 150 valence electrons. The second-order valence-electron chi connectivity index (χ2n) is 8.32. The highest BCUT2D eigenvalue weighted by Crippen LogP contribution is 2.63. The van der Waals surface area contributed by atoms with Crippen molar-refractivity contribution in [3.05, 3.63) is 53.6 Å². The first-order valence-corrected chi connectivity index (χ1v) is 11.3. The second kappa shape index (κ2) is 6.62. The lowest BCUT2D eigenvalue weighted by Gasteiger charge is -2.40. The van der Waals surface area contributed by atoms with Crippen LogP contribution in [0.1, 0.15) is 44.2 Å². The molecule has 2 aromatic carbocycles.